The van der Waals surface area contributed by atoms with Crippen molar-refractivity contribution in [3.63, 3.8) is 0 Å². The molecule has 0 radical (unpaired) electrons. The van der Waals surface area contributed by atoms with Gasteiger partial charge in [0.2, 0.25) is 11.8 Å². The molecule has 1 atom stereocenters. The zero-order chi connectivity index (χ0) is 20.9. The Balaban J connectivity index is 1.74. The number of nitrogens with one attached hydrogen (secondary N) is 1. The summed E-state index contributed by atoms with van der Waals surface area (Å²) in [5.74, 6) is 0.0865. The average molecular weight is 399 g/mol. The number of rotatable bonds is 1. The second-order valence-corrected chi connectivity index (χ2v) is 9.20. The fourth-order valence-electron chi connectivity index (χ4n) is 4.37. The molecule has 29 heavy (non-hydrogen) atoms. The standard InChI is InChI=1S/C21H29N5O3/c1-13(27)24-10-8-15-14(12-24)19(28)26-18(22-15)11-16(23-26)17-7-5-6-9-25(17)20(29)21(2,3)4/h11,17,23H,5-10,12H2,1-4H3/t17-/m1/s1. The van der Waals surface area contributed by atoms with Gasteiger partial charge < -0.3 is 9.80 Å². The highest BCUT2D eigenvalue weighted by Crippen LogP contribution is 2.34. The third kappa shape index (κ3) is 3.45. The highest BCUT2D eigenvalue weighted by molar-refractivity contribution is 5.82. The quantitative estimate of drug-likeness (QED) is 0.794. The van der Waals surface area contributed by atoms with Crippen molar-refractivity contribution in [3.05, 3.63) is 33.4 Å². The molecule has 1 N–H and O–H groups in total. The smallest absolute Gasteiger partial charge is 0.277 e. The zero-order valence-corrected chi connectivity index (χ0v) is 17.6. The molecule has 0 aromatic carbocycles. The first-order valence-electron chi connectivity index (χ1n) is 10.4. The number of fused-ring (bicyclic) bond motifs is 2. The predicted molar refractivity (Wildman–Crippen MR) is 108 cm³/mol. The molecule has 0 bridgehead atoms. The summed E-state index contributed by atoms with van der Waals surface area (Å²) in [4.78, 5) is 46.1. The summed E-state index contributed by atoms with van der Waals surface area (Å²) in [6.07, 6.45) is 3.48. The summed E-state index contributed by atoms with van der Waals surface area (Å²) in [6.45, 7) is 8.94. The van der Waals surface area contributed by atoms with Crippen molar-refractivity contribution in [3.8, 4) is 0 Å². The average Bonchev–Trinajstić information content (AvgIpc) is 3.10. The van der Waals surface area contributed by atoms with Crippen LogP contribution in [0.5, 0.6) is 0 Å². The van der Waals surface area contributed by atoms with Gasteiger partial charge in [-0.05, 0) is 19.3 Å². The van der Waals surface area contributed by atoms with Crippen molar-refractivity contribution < 1.29 is 9.59 Å². The third-order valence-electron chi connectivity index (χ3n) is 5.99. The van der Waals surface area contributed by atoms with E-state index in [0.717, 1.165) is 37.2 Å². The molecule has 0 saturated carbocycles. The van der Waals surface area contributed by atoms with Crippen LogP contribution in [-0.2, 0) is 22.6 Å². The van der Waals surface area contributed by atoms with E-state index >= 15 is 0 Å². The first-order chi connectivity index (χ1) is 13.7. The van der Waals surface area contributed by atoms with E-state index < -0.39 is 5.41 Å². The number of hydrogen-bond donors (Lipinski definition) is 1. The van der Waals surface area contributed by atoms with E-state index in [0.29, 0.717) is 30.7 Å². The fourth-order valence-corrected chi connectivity index (χ4v) is 4.37. The van der Waals surface area contributed by atoms with Gasteiger partial charge in [-0.2, -0.15) is 0 Å². The summed E-state index contributed by atoms with van der Waals surface area (Å²) >= 11 is 0. The number of likely N-dealkylation sites (tertiary alicyclic amines) is 1. The van der Waals surface area contributed by atoms with Gasteiger partial charge in [0.15, 0.2) is 5.65 Å². The predicted octanol–water partition coefficient (Wildman–Crippen LogP) is 2.03. The lowest BCUT2D eigenvalue weighted by molar-refractivity contribution is -0.143. The van der Waals surface area contributed by atoms with Gasteiger partial charge in [0, 0.05) is 37.9 Å². The van der Waals surface area contributed by atoms with Gasteiger partial charge in [-0.1, -0.05) is 20.8 Å². The van der Waals surface area contributed by atoms with Crippen LogP contribution in [0.3, 0.4) is 0 Å². The normalized spacial score (nSPS) is 20.1. The minimum atomic E-state index is -0.452. The minimum Gasteiger partial charge on any atom is -0.338 e. The lowest BCUT2D eigenvalue weighted by atomic mass is 9.90. The van der Waals surface area contributed by atoms with Gasteiger partial charge in [-0.15, -0.1) is 0 Å². The van der Waals surface area contributed by atoms with Crippen molar-refractivity contribution in [1.82, 2.24) is 24.4 Å². The molecule has 4 rings (SSSR count). The maximum absolute atomic E-state index is 13.1. The maximum Gasteiger partial charge on any atom is 0.277 e. The van der Waals surface area contributed by atoms with Crippen LogP contribution in [0.15, 0.2) is 10.9 Å². The Morgan fingerprint density at radius 1 is 1.21 bits per heavy atom. The molecular weight excluding hydrogens is 370 g/mol. The van der Waals surface area contributed by atoms with Crippen molar-refractivity contribution >= 4 is 17.5 Å². The van der Waals surface area contributed by atoms with Crippen LogP contribution in [-0.4, -0.2) is 49.3 Å². The summed E-state index contributed by atoms with van der Waals surface area (Å²) in [7, 11) is 0. The van der Waals surface area contributed by atoms with Crippen LogP contribution in [0.4, 0.5) is 0 Å². The summed E-state index contributed by atoms with van der Waals surface area (Å²) < 4.78 is 1.46. The van der Waals surface area contributed by atoms with Gasteiger partial charge in [0.05, 0.1) is 29.5 Å². The van der Waals surface area contributed by atoms with Crippen LogP contribution in [0.25, 0.3) is 5.65 Å². The molecule has 2 amide bonds. The van der Waals surface area contributed by atoms with Crippen LogP contribution < -0.4 is 5.56 Å². The van der Waals surface area contributed by atoms with Gasteiger partial charge in [-0.25, -0.2) is 9.50 Å². The van der Waals surface area contributed by atoms with Gasteiger partial charge in [-0.3, -0.25) is 19.5 Å². The van der Waals surface area contributed by atoms with E-state index in [4.69, 9.17) is 4.98 Å². The fraction of sp³-hybridized carbons (Fsp3) is 0.619. The molecule has 2 aliphatic heterocycles. The number of nitrogens with zero attached hydrogens (tertiary/aromatic N) is 4. The molecular formula is C21H29N5O3. The van der Waals surface area contributed by atoms with E-state index in [1.54, 1.807) is 4.90 Å². The Morgan fingerprint density at radius 3 is 2.66 bits per heavy atom. The summed E-state index contributed by atoms with van der Waals surface area (Å²) in [6, 6.07) is 1.82. The zero-order valence-electron chi connectivity index (χ0n) is 17.6. The Bertz CT molecular complexity index is 1030. The number of carbonyl (C=O) groups excluding carboxylic acids is 2. The third-order valence-corrected chi connectivity index (χ3v) is 5.99. The van der Waals surface area contributed by atoms with Gasteiger partial charge >= 0.3 is 0 Å². The summed E-state index contributed by atoms with van der Waals surface area (Å²) in [5.41, 5.74) is 2.15. The number of piperidine rings is 1. The molecule has 156 valence electrons. The van der Waals surface area contributed by atoms with Crippen molar-refractivity contribution in [2.45, 2.75) is 66.0 Å². The molecule has 4 heterocycles. The first-order valence-corrected chi connectivity index (χ1v) is 10.4. The minimum absolute atomic E-state index is 0.0362. The lowest BCUT2D eigenvalue weighted by Crippen LogP contribution is -2.44. The Hall–Kier alpha value is -2.64. The first kappa shape index (κ1) is 19.7. The molecule has 0 aliphatic carbocycles. The maximum atomic E-state index is 13.1. The molecule has 1 saturated heterocycles. The highest BCUT2D eigenvalue weighted by Gasteiger charge is 2.35. The van der Waals surface area contributed by atoms with E-state index in [1.807, 2.05) is 31.7 Å². The number of carbonyl (C=O) groups is 2. The Labute approximate surface area is 169 Å². The molecule has 0 unspecified atom stereocenters. The number of H-pyrrole nitrogens is 1. The van der Waals surface area contributed by atoms with Crippen LogP contribution in [0, 0.1) is 5.41 Å². The van der Waals surface area contributed by atoms with Gasteiger partial charge in [0.25, 0.3) is 5.56 Å². The SMILES string of the molecule is CC(=O)N1CCc2nc3cc([C@H]4CCCCN4C(=O)C(C)(C)C)[nH]n3c(=O)c2C1. The molecule has 2 aromatic heterocycles. The monoisotopic (exact) mass is 399 g/mol. The van der Waals surface area contributed by atoms with E-state index in [-0.39, 0.29) is 23.4 Å². The van der Waals surface area contributed by atoms with Crippen molar-refractivity contribution in [1.29, 1.82) is 0 Å². The summed E-state index contributed by atoms with van der Waals surface area (Å²) in [5, 5.41) is 3.21. The molecule has 2 aliphatic rings. The second kappa shape index (κ2) is 7.00. The molecule has 0 spiro atoms. The number of aromatic nitrogens is 3. The highest BCUT2D eigenvalue weighted by atomic mass is 16.2. The number of amides is 2. The topological polar surface area (TPSA) is 90.8 Å². The Kier molecular flexibility index (Phi) is 4.75. The molecule has 1 fully saturated rings. The van der Waals surface area contributed by atoms with Crippen molar-refractivity contribution in [2.75, 3.05) is 13.1 Å². The van der Waals surface area contributed by atoms with Crippen molar-refractivity contribution in [2.24, 2.45) is 5.41 Å². The van der Waals surface area contributed by atoms with E-state index in [9.17, 15) is 14.4 Å². The second-order valence-electron chi connectivity index (χ2n) is 9.20. The van der Waals surface area contributed by atoms with Crippen LogP contribution in [0.1, 0.15) is 70.0 Å². The lowest BCUT2D eigenvalue weighted by Gasteiger charge is -2.38. The Morgan fingerprint density at radius 2 is 1.97 bits per heavy atom. The number of hydrogen-bond acceptors (Lipinski definition) is 4. The van der Waals surface area contributed by atoms with E-state index in [1.165, 1.54) is 11.4 Å². The molecule has 2 aromatic rings. The molecule has 8 nitrogen and oxygen atoms in total. The molecule has 8 heteroatoms. The largest absolute Gasteiger partial charge is 0.338 e. The van der Waals surface area contributed by atoms with Crippen LogP contribution >= 0.6 is 0 Å². The van der Waals surface area contributed by atoms with E-state index in [2.05, 4.69) is 5.10 Å². The van der Waals surface area contributed by atoms with Crippen LogP contribution in [0.2, 0.25) is 0 Å². The number of aromatic amines is 1. The van der Waals surface area contributed by atoms with Gasteiger partial charge in [0.1, 0.15) is 0 Å².